The molecule has 0 bridgehead atoms. The Labute approximate surface area is 112 Å². The van der Waals surface area contributed by atoms with Gasteiger partial charge in [-0.25, -0.2) is 9.78 Å². The Balaban J connectivity index is 2.19. The highest BCUT2D eigenvalue weighted by Crippen LogP contribution is 2.44. The molecule has 4 N–H and O–H groups in total. The fourth-order valence-corrected chi connectivity index (χ4v) is 2.45. The number of methoxy groups -OCH3 is 1. The number of rotatable bonds is 4. The monoisotopic (exact) mass is 265 g/mol. The lowest BCUT2D eigenvalue weighted by Crippen LogP contribution is -2.57. The molecule has 1 fully saturated rings. The number of nitrogen functional groups attached to an aromatic ring is 1. The molecule has 1 heterocycles. The summed E-state index contributed by atoms with van der Waals surface area (Å²) < 4.78 is 5.37. The van der Waals surface area contributed by atoms with Crippen LogP contribution in [0, 0.1) is 5.41 Å². The van der Waals surface area contributed by atoms with Gasteiger partial charge in [-0.3, -0.25) is 0 Å². The molecule has 1 aromatic heterocycles. The molecular weight excluding hydrogens is 246 g/mol. The van der Waals surface area contributed by atoms with Gasteiger partial charge in [-0.05, 0) is 12.5 Å². The highest BCUT2D eigenvalue weighted by molar-refractivity contribution is 5.94. The number of anilines is 2. The van der Waals surface area contributed by atoms with Crippen molar-refractivity contribution in [3.8, 4) is 0 Å². The third kappa shape index (κ3) is 2.35. The van der Waals surface area contributed by atoms with E-state index >= 15 is 0 Å². The molecule has 2 atom stereocenters. The summed E-state index contributed by atoms with van der Waals surface area (Å²) in [6, 6.07) is 1.55. The van der Waals surface area contributed by atoms with Gasteiger partial charge in [0.25, 0.3) is 0 Å². The number of carboxylic acids is 1. The summed E-state index contributed by atoms with van der Waals surface area (Å²) in [6.07, 6.45) is 2.45. The first kappa shape index (κ1) is 13.6. The number of nitrogens with two attached hydrogens (primary N) is 1. The highest BCUT2D eigenvalue weighted by atomic mass is 16.5. The zero-order valence-electron chi connectivity index (χ0n) is 11.3. The molecule has 6 heteroatoms. The van der Waals surface area contributed by atoms with Crippen LogP contribution in [0.2, 0.25) is 0 Å². The lowest BCUT2D eigenvalue weighted by Gasteiger charge is -2.51. The maximum atomic E-state index is 11.2. The largest absolute Gasteiger partial charge is 0.478 e. The van der Waals surface area contributed by atoms with Gasteiger partial charge in [0, 0.05) is 18.6 Å². The molecule has 1 aromatic rings. The van der Waals surface area contributed by atoms with Crippen molar-refractivity contribution in [3.05, 3.63) is 17.8 Å². The molecule has 104 valence electrons. The van der Waals surface area contributed by atoms with Crippen molar-refractivity contribution in [2.45, 2.75) is 32.4 Å². The summed E-state index contributed by atoms with van der Waals surface area (Å²) in [7, 11) is 1.69. The van der Waals surface area contributed by atoms with Crippen molar-refractivity contribution in [1.29, 1.82) is 0 Å². The Hall–Kier alpha value is -1.82. The van der Waals surface area contributed by atoms with Crippen LogP contribution >= 0.6 is 0 Å². The number of carboxylic acid groups (broad SMARTS) is 1. The number of hydrogen-bond donors (Lipinski definition) is 3. The Bertz CT molecular complexity index is 502. The number of aromatic carboxylic acids is 1. The summed E-state index contributed by atoms with van der Waals surface area (Å²) >= 11 is 0. The minimum Gasteiger partial charge on any atom is -0.478 e. The first-order valence-electron chi connectivity index (χ1n) is 6.14. The van der Waals surface area contributed by atoms with Crippen LogP contribution in [0.25, 0.3) is 0 Å². The van der Waals surface area contributed by atoms with Crippen molar-refractivity contribution in [1.82, 2.24) is 4.98 Å². The summed E-state index contributed by atoms with van der Waals surface area (Å²) in [6.45, 7) is 4.17. The number of nitrogens with one attached hydrogen (secondary N) is 1. The lowest BCUT2D eigenvalue weighted by molar-refractivity contribution is -0.0795. The molecule has 0 aromatic carbocycles. The quantitative estimate of drug-likeness (QED) is 0.764. The van der Waals surface area contributed by atoms with Crippen LogP contribution in [0.15, 0.2) is 12.3 Å². The van der Waals surface area contributed by atoms with Gasteiger partial charge >= 0.3 is 5.97 Å². The first-order valence-corrected chi connectivity index (χ1v) is 6.14. The summed E-state index contributed by atoms with van der Waals surface area (Å²) in [5.41, 5.74) is 5.94. The second-order valence-electron chi connectivity index (χ2n) is 5.45. The predicted octanol–water partition coefficient (Wildman–Crippen LogP) is 1.59. The summed E-state index contributed by atoms with van der Waals surface area (Å²) in [5.74, 6) is -0.683. The molecule has 0 amide bonds. The smallest absolute Gasteiger partial charge is 0.339 e. The van der Waals surface area contributed by atoms with Crippen molar-refractivity contribution < 1.29 is 14.6 Å². The fourth-order valence-electron chi connectivity index (χ4n) is 2.45. The molecule has 0 spiro atoms. The van der Waals surface area contributed by atoms with E-state index in [2.05, 4.69) is 24.1 Å². The number of nitrogens with zero attached hydrogens (tertiary/aromatic N) is 1. The topological polar surface area (TPSA) is 97.5 Å². The van der Waals surface area contributed by atoms with Crippen LogP contribution in [-0.4, -0.2) is 35.3 Å². The molecular formula is C13H19N3O3. The van der Waals surface area contributed by atoms with E-state index in [1.54, 1.807) is 7.11 Å². The average Bonchev–Trinajstić information content (AvgIpc) is 2.35. The van der Waals surface area contributed by atoms with E-state index in [0.717, 1.165) is 6.42 Å². The van der Waals surface area contributed by atoms with E-state index in [4.69, 9.17) is 15.6 Å². The number of hydrogen-bond acceptors (Lipinski definition) is 5. The van der Waals surface area contributed by atoms with Gasteiger partial charge in [0.15, 0.2) is 0 Å². The SMILES string of the molecule is COC1CC(Nc2ncc(N)cc2C(=O)O)C1(C)C. The van der Waals surface area contributed by atoms with Gasteiger partial charge in [0.05, 0.1) is 18.0 Å². The molecule has 0 aliphatic heterocycles. The molecule has 2 rings (SSSR count). The average molecular weight is 265 g/mol. The standard InChI is InChI=1S/C13H19N3O3/c1-13(2)9(5-10(13)19-3)16-11-8(12(17)18)4-7(14)6-15-11/h4,6,9-10H,5,14H2,1-3H3,(H,15,16)(H,17,18). The van der Waals surface area contributed by atoms with Crippen LogP contribution in [0.5, 0.6) is 0 Å². The maximum Gasteiger partial charge on any atom is 0.339 e. The van der Waals surface area contributed by atoms with Crippen LogP contribution in [0.1, 0.15) is 30.6 Å². The van der Waals surface area contributed by atoms with Crippen LogP contribution in [-0.2, 0) is 4.74 Å². The van der Waals surface area contributed by atoms with Crippen LogP contribution in [0.4, 0.5) is 11.5 Å². The Morgan fingerprint density at radius 2 is 2.32 bits per heavy atom. The molecule has 1 aliphatic carbocycles. The number of aromatic nitrogens is 1. The van der Waals surface area contributed by atoms with E-state index in [-0.39, 0.29) is 23.1 Å². The molecule has 1 aliphatic rings. The van der Waals surface area contributed by atoms with E-state index in [1.165, 1.54) is 12.3 Å². The van der Waals surface area contributed by atoms with Gasteiger partial charge < -0.3 is 20.9 Å². The van der Waals surface area contributed by atoms with Crippen molar-refractivity contribution in [2.75, 3.05) is 18.2 Å². The van der Waals surface area contributed by atoms with Gasteiger partial charge in [-0.1, -0.05) is 13.8 Å². The Morgan fingerprint density at radius 1 is 1.63 bits per heavy atom. The fraction of sp³-hybridized carbons (Fsp3) is 0.538. The second-order valence-corrected chi connectivity index (χ2v) is 5.45. The Morgan fingerprint density at radius 3 is 2.84 bits per heavy atom. The number of carbonyl (C=O) groups is 1. The van der Waals surface area contributed by atoms with Crippen molar-refractivity contribution in [2.24, 2.45) is 5.41 Å². The van der Waals surface area contributed by atoms with E-state index in [9.17, 15) is 4.79 Å². The van der Waals surface area contributed by atoms with E-state index in [0.29, 0.717) is 11.5 Å². The molecule has 19 heavy (non-hydrogen) atoms. The van der Waals surface area contributed by atoms with Crippen molar-refractivity contribution in [3.63, 3.8) is 0 Å². The zero-order chi connectivity index (χ0) is 14.2. The summed E-state index contributed by atoms with van der Waals surface area (Å²) in [4.78, 5) is 15.3. The normalized spacial score (nSPS) is 24.6. The first-order chi connectivity index (χ1) is 8.86. The molecule has 0 radical (unpaired) electrons. The van der Waals surface area contributed by atoms with E-state index < -0.39 is 5.97 Å². The second kappa shape index (κ2) is 4.70. The minimum atomic E-state index is -1.04. The Kier molecular flexibility index (Phi) is 3.36. The van der Waals surface area contributed by atoms with E-state index in [1.807, 2.05) is 0 Å². The molecule has 1 saturated carbocycles. The molecule has 2 unspecified atom stereocenters. The van der Waals surface area contributed by atoms with Crippen LogP contribution in [0.3, 0.4) is 0 Å². The van der Waals surface area contributed by atoms with Crippen LogP contribution < -0.4 is 11.1 Å². The minimum absolute atomic E-state index is 0.0619. The maximum absolute atomic E-state index is 11.2. The van der Waals surface area contributed by atoms with Gasteiger partial charge in [0.1, 0.15) is 11.4 Å². The van der Waals surface area contributed by atoms with Gasteiger partial charge in [-0.15, -0.1) is 0 Å². The molecule has 6 nitrogen and oxygen atoms in total. The number of pyridine rings is 1. The molecule has 0 saturated heterocycles. The lowest BCUT2D eigenvalue weighted by atomic mass is 9.64. The van der Waals surface area contributed by atoms with Crippen molar-refractivity contribution >= 4 is 17.5 Å². The van der Waals surface area contributed by atoms with Gasteiger partial charge in [0.2, 0.25) is 0 Å². The third-order valence-electron chi connectivity index (χ3n) is 3.91. The highest BCUT2D eigenvalue weighted by Gasteiger charge is 2.48. The third-order valence-corrected chi connectivity index (χ3v) is 3.91. The van der Waals surface area contributed by atoms with Gasteiger partial charge in [-0.2, -0.15) is 0 Å². The number of ether oxygens (including phenoxy) is 1. The summed E-state index contributed by atoms with van der Waals surface area (Å²) in [5, 5.41) is 12.3. The zero-order valence-corrected chi connectivity index (χ0v) is 11.3. The predicted molar refractivity (Wildman–Crippen MR) is 72.2 cm³/mol.